The van der Waals surface area contributed by atoms with E-state index in [4.69, 9.17) is 4.74 Å². The molecule has 0 aromatic carbocycles. The van der Waals surface area contributed by atoms with Gasteiger partial charge < -0.3 is 9.64 Å². The highest BCUT2D eigenvalue weighted by Crippen LogP contribution is 2.16. The Morgan fingerprint density at radius 1 is 1.53 bits per heavy atom. The van der Waals surface area contributed by atoms with E-state index in [0.29, 0.717) is 5.92 Å². The molecular formula is C10H14BrN3O. The minimum atomic E-state index is 0.613. The molecule has 0 N–H and O–H groups in total. The van der Waals surface area contributed by atoms with Crippen LogP contribution in [0.15, 0.2) is 16.9 Å². The molecule has 15 heavy (non-hydrogen) atoms. The van der Waals surface area contributed by atoms with Crippen LogP contribution < -0.4 is 4.90 Å². The van der Waals surface area contributed by atoms with Crippen LogP contribution in [0, 0.1) is 5.92 Å². The molecule has 2 rings (SSSR count). The molecule has 1 aliphatic rings. The Morgan fingerprint density at radius 3 is 2.87 bits per heavy atom. The van der Waals surface area contributed by atoms with Crippen LogP contribution >= 0.6 is 15.9 Å². The average Bonchev–Trinajstić information content (AvgIpc) is 2.71. The molecule has 0 aliphatic carbocycles. The topological polar surface area (TPSA) is 38.2 Å². The minimum absolute atomic E-state index is 0.613. The Hall–Kier alpha value is -0.680. The molecule has 0 amide bonds. The Bertz CT molecular complexity index is 311. The summed E-state index contributed by atoms with van der Waals surface area (Å²) in [6.07, 6.45) is 4.68. The summed E-state index contributed by atoms with van der Waals surface area (Å²) in [6, 6.07) is 0. The van der Waals surface area contributed by atoms with E-state index in [2.05, 4.69) is 30.8 Å². The molecule has 2 heterocycles. The van der Waals surface area contributed by atoms with Crippen LogP contribution in [0.4, 0.5) is 5.95 Å². The van der Waals surface area contributed by atoms with Crippen LogP contribution in [0.5, 0.6) is 0 Å². The van der Waals surface area contributed by atoms with Crippen LogP contribution in [0.1, 0.15) is 6.42 Å². The Balaban J connectivity index is 1.94. The van der Waals surface area contributed by atoms with E-state index >= 15 is 0 Å². The van der Waals surface area contributed by atoms with Crippen LogP contribution in [-0.4, -0.2) is 36.8 Å². The van der Waals surface area contributed by atoms with E-state index in [0.717, 1.165) is 36.6 Å². The Labute approximate surface area is 97.8 Å². The second-order valence-corrected chi connectivity index (χ2v) is 4.73. The molecule has 5 heteroatoms. The van der Waals surface area contributed by atoms with Gasteiger partial charge in [-0.05, 0) is 22.4 Å². The van der Waals surface area contributed by atoms with E-state index in [1.54, 1.807) is 12.4 Å². The Kier molecular flexibility index (Phi) is 3.53. The van der Waals surface area contributed by atoms with Gasteiger partial charge in [-0.25, -0.2) is 9.97 Å². The van der Waals surface area contributed by atoms with E-state index in [1.165, 1.54) is 0 Å². The molecule has 0 saturated carbocycles. The summed E-state index contributed by atoms with van der Waals surface area (Å²) in [5.74, 6) is 1.38. The first-order chi connectivity index (χ1) is 7.25. The first-order valence-corrected chi connectivity index (χ1v) is 5.81. The van der Waals surface area contributed by atoms with Gasteiger partial charge in [-0.15, -0.1) is 0 Å². The molecule has 1 aliphatic heterocycles. The summed E-state index contributed by atoms with van der Waals surface area (Å²) in [5, 5.41) is 0. The third kappa shape index (κ3) is 2.89. The Morgan fingerprint density at radius 2 is 2.27 bits per heavy atom. The summed E-state index contributed by atoms with van der Waals surface area (Å²) in [5.41, 5.74) is 0. The van der Waals surface area contributed by atoms with Crippen LogP contribution in [0.3, 0.4) is 0 Å². The third-order valence-corrected chi connectivity index (χ3v) is 2.91. The van der Waals surface area contributed by atoms with Gasteiger partial charge in [-0.2, -0.15) is 0 Å². The average molecular weight is 272 g/mol. The number of halogens is 1. The van der Waals surface area contributed by atoms with Crippen molar-refractivity contribution in [2.24, 2.45) is 5.92 Å². The van der Waals surface area contributed by atoms with Crippen molar-refractivity contribution < 1.29 is 4.74 Å². The normalized spacial score (nSPS) is 20.5. The highest BCUT2D eigenvalue weighted by Gasteiger charge is 2.18. The van der Waals surface area contributed by atoms with Gasteiger partial charge in [0.2, 0.25) is 5.95 Å². The van der Waals surface area contributed by atoms with Crippen molar-refractivity contribution in [3.05, 3.63) is 16.9 Å². The molecule has 1 saturated heterocycles. The van der Waals surface area contributed by atoms with Crippen LogP contribution in [0.25, 0.3) is 0 Å². The number of hydrogen-bond acceptors (Lipinski definition) is 4. The fourth-order valence-corrected chi connectivity index (χ4v) is 1.90. The zero-order valence-corrected chi connectivity index (χ0v) is 10.3. The molecule has 1 aromatic rings. The van der Waals surface area contributed by atoms with Crippen LogP contribution in [-0.2, 0) is 4.74 Å². The number of nitrogens with zero attached hydrogens (tertiary/aromatic N) is 3. The van der Waals surface area contributed by atoms with Crippen molar-refractivity contribution >= 4 is 21.9 Å². The standard InChI is InChI=1S/C10H14BrN3O/c1-14(6-8-2-3-15-7-8)10-12-4-9(11)5-13-10/h4-5,8H,2-3,6-7H2,1H3/t8-/m1/s1. The fourth-order valence-electron chi connectivity index (χ4n) is 1.70. The van der Waals surface area contributed by atoms with Gasteiger partial charge in [0, 0.05) is 38.5 Å². The lowest BCUT2D eigenvalue weighted by Crippen LogP contribution is -2.27. The van der Waals surface area contributed by atoms with Crippen molar-refractivity contribution in [3.8, 4) is 0 Å². The monoisotopic (exact) mass is 271 g/mol. The zero-order valence-electron chi connectivity index (χ0n) is 8.69. The molecule has 0 radical (unpaired) electrons. The van der Waals surface area contributed by atoms with Crippen LogP contribution in [0.2, 0.25) is 0 Å². The van der Waals surface area contributed by atoms with Crippen molar-refractivity contribution in [3.63, 3.8) is 0 Å². The largest absolute Gasteiger partial charge is 0.381 e. The maximum absolute atomic E-state index is 5.34. The number of aromatic nitrogens is 2. The predicted octanol–water partition coefficient (Wildman–Crippen LogP) is 1.71. The summed E-state index contributed by atoms with van der Waals surface area (Å²) in [4.78, 5) is 10.6. The highest BCUT2D eigenvalue weighted by molar-refractivity contribution is 9.10. The van der Waals surface area contributed by atoms with E-state index < -0.39 is 0 Å². The summed E-state index contributed by atoms with van der Waals surface area (Å²) >= 11 is 3.32. The quantitative estimate of drug-likeness (QED) is 0.839. The van der Waals surface area contributed by atoms with Gasteiger partial charge >= 0.3 is 0 Å². The van der Waals surface area contributed by atoms with Gasteiger partial charge in [0.25, 0.3) is 0 Å². The number of hydrogen-bond donors (Lipinski definition) is 0. The van der Waals surface area contributed by atoms with Gasteiger partial charge in [0.1, 0.15) is 0 Å². The second kappa shape index (κ2) is 4.90. The van der Waals surface area contributed by atoms with Crippen molar-refractivity contribution in [1.29, 1.82) is 0 Å². The molecule has 1 fully saturated rings. The molecule has 0 spiro atoms. The van der Waals surface area contributed by atoms with E-state index in [1.807, 2.05) is 7.05 Å². The SMILES string of the molecule is CN(C[C@H]1CCOC1)c1ncc(Br)cn1. The maximum Gasteiger partial charge on any atom is 0.225 e. The molecule has 1 aromatic heterocycles. The van der Waals surface area contributed by atoms with E-state index in [-0.39, 0.29) is 0 Å². The minimum Gasteiger partial charge on any atom is -0.381 e. The lowest BCUT2D eigenvalue weighted by molar-refractivity contribution is 0.186. The molecule has 1 atom stereocenters. The predicted molar refractivity (Wildman–Crippen MR) is 61.9 cm³/mol. The first-order valence-electron chi connectivity index (χ1n) is 5.02. The summed E-state index contributed by atoms with van der Waals surface area (Å²) in [6.45, 7) is 2.71. The molecule has 0 bridgehead atoms. The second-order valence-electron chi connectivity index (χ2n) is 3.81. The molecule has 82 valence electrons. The number of anilines is 1. The summed E-state index contributed by atoms with van der Waals surface area (Å²) in [7, 11) is 2.02. The van der Waals surface area contributed by atoms with Gasteiger partial charge in [0.05, 0.1) is 11.1 Å². The lowest BCUT2D eigenvalue weighted by atomic mass is 10.1. The fraction of sp³-hybridized carbons (Fsp3) is 0.600. The lowest BCUT2D eigenvalue weighted by Gasteiger charge is -2.19. The van der Waals surface area contributed by atoms with Gasteiger partial charge in [0.15, 0.2) is 0 Å². The molecular weight excluding hydrogens is 258 g/mol. The molecule has 4 nitrogen and oxygen atoms in total. The highest BCUT2D eigenvalue weighted by atomic mass is 79.9. The number of ether oxygens (including phenoxy) is 1. The third-order valence-electron chi connectivity index (χ3n) is 2.50. The first kappa shape index (κ1) is 10.8. The van der Waals surface area contributed by atoms with E-state index in [9.17, 15) is 0 Å². The van der Waals surface area contributed by atoms with Crippen molar-refractivity contribution in [2.75, 3.05) is 31.7 Å². The molecule has 0 unspecified atom stereocenters. The van der Waals surface area contributed by atoms with Crippen molar-refractivity contribution in [1.82, 2.24) is 9.97 Å². The smallest absolute Gasteiger partial charge is 0.225 e. The van der Waals surface area contributed by atoms with Crippen molar-refractivity contribution in [2.45, 2.75) is 6.42 Å². The summed E-state index contributed by atoms with van der Waals surface area (Å²) < 4.78 is 6.24. The van der Waals surface area contributed by atoms with Gasteiger partial charge in [-0.1, -0.05) is 0 Å². The maximum atomic E-state index is 5.34. The number of rotatable bonds is 3. The zero-order chi connectivity index (χ0) is 10.7. The van der Waals surface area contributed by atoms with Gasteiger partial charge in [-0.3, -0.25) is 0 Å².